The molecule has 6 nitrogen and oxygen atoms in total. The first-order valence-corrected chi connectivity index (χ1v) is 7.88. The van der Waals surface area contributed by atoms with E-state index in [0.29, 0.717) is 12.1 Å². The second-order valence-corrected chi connectivity index (χ2v) is 10.1. The molecule has 1 saturated heterocycles. The molecule has 0 amide bonds. The predicted octanol–water partition coefficient (Wildman–Crippen LogP) is 1.39. The van der Waals surface area contributed by atoms with Gasteiger partial charge in [0, 0.05) is 28.9 Å². The van der Waals surface area contributed by atoms with E-state index in [0.717, 1.165) is 0 Å². The zero-order valence-electron chi connectivity index (χ0n) is 8.52. The second kappa shape index (κ2) is 3.01. The Bertz CT molecular complexity index is 293. The standard InChI is InChI=1S/C7H14N2O4Si/c1-7(9(12)13)5-14(2,3)4-6(7)8(10)11/h6H,4-5H2,1-3H3/t6-,7+/m1/s1. The second-order valence-electron chi connectivity index (χ2n) is 4.96. The number of hydrogen-bond donors (Lipinski definition) is 0. The van der Waals surface area contributed by atoms with E-state index >= 15 is 0 Å². The quantitative estimate of drug-likeness (QED) is 0.398. The maximum absolute atomic E-state index is 10.8. The van der Waals surface area contributed by atoms with Gasteiger partial charge in [-0.2, -0.15) is 0 Å². The van der Waals surface area contributed by atoms with Gasteiger partial charge in [0.15, 0.2) is 0 Å². The van der Waals surface area contributed by atoms with Crippen molar-refractivity contribution < 1.29 is 9.85 Å². The van der Waals surface area contributed by atoms with Crippen molar-refractivity contribution in [1.29, 1.82) is 0 Å². The molecule has 0 aliphatic carbocycles. The topological polar surface area (TPSA) is 86.3 Å². The lowest BCUT2D eigenvalue weighted by molar-refractivity contribution is -0.640. The van der Waals surface area contributed by atoms with Crippen LogP contribution in [0.15, 0.2) is 0 Å². The van der Waals surface area contributed by atoms with Crippen molar-refractivity contribution in [1.82, 2.24) is 0 Å². The molecule has 0 saturated carbocycles. The molecule has 2 atom stereocenters. The van der Waals surface area contributed by atoms with Gasteiger partial charge in [-0.25, -0.2) is 0 Å². The maximum atomic E-state index is 10.8. The highest BCUT2D eigenvalue weighted by Crippen LogP contribution is 2.41. The Morgan fingerprint density at radius 1 is 1.36 bits per heavy atom. The van der Waals surface area contributed by atoms with Crippen LogP contribution in [0.3, 0.4) is 0 Å². The molecule has 0 radical (unpaired) electrons. The Morgan fingerprint density at radius 3 is 2.14 bits per heavy atom. The Balaban J connectivity index is 3.05. The lowest BCUT2D eigenvalue weighted by Gasteiger charge is -2.17. The first-order valence-electron chi connectivity index (χ1n) is 4.47. The highest BCUT2D eigenvalue weighted by molar-refractivity contribution is 6.78. The first-order chi connectivity index (χ1) is 6.19. The van der Waals surface area contributed by atoms with Crippen LogP contribution in [0.5, 0.6) is 0 Å². The Morgan fingerprint density at radius 2 is 1.86 bits per heavy atom. The molecule has 0 aromatic rings. The lowest BCUT2D eigenvalue weighted by Crippen LogP contribution is -2.45. The fourth-order valence-electron chi connectivity index (χ4n) is 2.39. The van der Waals surface area contributed by atoms with Crippen LogP contribution in [0.1, 0.15) is 6.92 Å². The molecule has 0 aromatic heterocycles. The van der Waals surface area contributed by atoms with Gasteiger partial charge in [-0.3, -0.25) is 20.2 Å². The Kier molecular flexibility index (Phi) is 2.38. The average Bonchev–Trinajstić information content (AvgIpc) is 2.22. The first kappa shape index (κ1) is 11.1. The van der Waals surface area contributed by atoms with E-state index in [1.165, 1.54) is 6.92 Å². The molecule has 14 heavy (non-hydrogen) atoms. The minimum Gasteiger partial charge on any atom is -0.264 e. The van der Waals surface area contributed by atoms with E-state index in [-0.39, 0.29) is 0 Å². The minimum absolute atomic E-state index is 0.401. The lowest BCUT2D eigenvalue weighted by atomic mass is 9.98. The Labute approximate surface area is 82.6 Å². The number of nitrogens with zero attached hydrogens (tertiary/aromatic N) is 2. The zero-order chi connectivity index (χ0) is 11.1. The average molecular weight is 218 g/mol. The van der Waals surface area contributed by atoms with Crippen LogP contribution >= 0.6 is 0 Å². The van der Waals surface area contributed by atoms with Crippen molar-refractivity contribution in [3.8, 4) is 0 Å². The van der Waals surface area contributed by atoms with Crippen molar-refractivity contribution in [3.05, 3.63) is 20.2 Å². The Hall–Kier alpha value is -0.983. The van der Waals surface area contributed by atoms with Gasteiger partial charge in [0.2, 0.25) is 0 Å². The zero-order valence-corrected chi connectivity index (χ0v) is 9.52. The summed E-state index contributed by atoms with van der Waals surface area (Å²) in [5.41, 5.74) is -1.35. The van der Waals surface area contributed by atoms with Gasteiger partial charge in [0.05, 0.1) is 8.07 Å². The maximum Gasteiger partial charge on any atom is 0.282 e. The highest BCUT2D eigenvalue weighted by atomic mass is 28.3. The third-order valence-corrected chi connectivity index (χ3v) is 6.14. The SMILES string of the molecule is C[C@]1([N+](=O)[O-])C[Si](C)(C)C[C@H]1[N+](=O)[O-]. The van der Waals surface area contributed by atoms with Crippen molar-refractivity contribution in [2.75, 3.05) is 0 Å². The number of nitro groups is 2. The van der Waals surface area contributed by atoms with Gasteiger partial charge >= 0.3 is 0 Å². The van der Waals surface area contributed by atoms with Gasteiger partial charge < -0.3 is 0 Å². The van der Waals surface area contributed by atoms with Crippen LogP contribution in [-0.4, -0.2) is 29.5 Å². The van der Waals surface area contributed by atoms with Crippen LogP contribution in [0, 0.1) is 20.2 Å². The fourth-order valence-corrected chi connectivity index (χ4v) is 6.47. The van der Waals surface area contributed by atoms with Crippen LogP contribution < -0.4 is 0 Å². The summed E-state index contributed by atoms with van der Waals surface area (Å²) in [4.78, 5) is 20.6. The van der Waals surface area contributed by atoms with Crippen molar-refractivity contribution >= 4 is 8.07 Å². The van der Waals surface area contributed by atoms with Crippen molar-refractivity contribution in [2.24, 2.45) is 0 Å². The van der Waals surface area contributed by atoms with E-state index in [9.17, 15) is 20.2 Å². The molecule has 0 N–H and O–H groups in total. The van der Waals surface area contributed by atoms with Crippen LogP contribution in [0.4, 0.5) is 0 Å². The number of rotatable bonds is 2. The van der Waals surface area contributed by atoms with E-state index in [2.05, 4.69) is 0 Å². The predicted molar refractivity (Wildman–Crippen MR) is 53.3 cm³/mol. The van der Waals surface area contributed by atoms with E-state index in [1.807, 2.05) is 13.1 Å². The molecule has 0 bridgehead atoms. The summed E-state index contributed by atoms with van der Waals surface area (Å²) in [6.45, 7) is 5.35. The molecular weight excluding hydrogens is 204 g/mol. The summed E-state index contributed by atoms with van der Waals surface area (Å²) in [6, 6.07) is -0.185. The molecule has 0 unspecified atom stereocenters. The summed E-state index contributed by atoms with van der Waals surface area (Å²) >= 11 is 0. The molecule has 80 valence electrons. The van der Waals surface area contributed by atoms with Crippen LogP contribution in [-0.2, 0) is 0 Å². The summed E-state index contributed by atoms with van der Waals surface area (Å²) in [5.74, 6) is 0. The van der Waals surface area contributed by atoms with E-state index in [4.69, 9.17) is 0 Å². The van der Waals surface area contributed by atoms with Crippen molar-refractivity contribution in [3.63, 3.8) is 0 Å². The summed E-state index contributed by atoms with van der Waals surface area (Å²) in [7, 11) is -1.75. The minimum atomic E-state index is -1.75. The smallest absolute Gasteiger partial charge is 0.264 e. The van der Waals surface area contributed by atoms with E-state index in [1.54, 1.807) is 0 Å². The largest absolute Gasteiger partial charge is 0.282 e. The molecule has 7 heteroatoms. The molecule has 1 rings (SSSR count). The normalized spacial score (nSPS) is 35.5. The molecular formula is C7H14N2O4Si. The number of hydrogen-bond acceptors (Lipinski definition) is 4. The molecule has 1 aliphatic heterocycles. The van der Waals surface area contributed by atoms with Crippen LogP contribution in [0.2, 0.25) is 25.2 Å². The third-order valence-electron chi connectivity index (χ3n) is 2.97. The van der Waals surface area contributed by atoms with Gasteiger partial charge in [-0.1, -0.05) is 13.1 Å². The summed E-state index contributed by atoms with van der Waals surface area (Å²) in [6.07, 6.45) is 0. The summed E-state index contributed by atoms with van der Waals surface area (Å²) in [5, 5.41) is 21.6. The molecule has 1 heterocycles. The fraction of sp³-hybridized carbons (Fsp3) is 1.00. The molecule has 0 aromatic carbocycles. The highest BCUT2D eigenvalue weighted by Gasteiger charge is 2.64. The van der Waals surface area contributed by atoms with Gasteiger partial charge in [0.1, 0.15) is 0 Å². The summed E-state index contributed by atoms with van der Waals surface area (Å²) < 4.78 is 0. The molecule has 0 spiro atoms. The van der Waals surface area contributed by atoms with Gasteiger partial charge in [-0.05, 0) is 0 Å². The van der Waals surface area contributed by atoms with Gasteiger partial charge in [0.25, 0.3) is 11.6 Å². The van der Waals surface area contributed by atoms with Gasteiger partial charge in [-0.15, -0.1) is 0 Å². The molecule has 1 fully saturated rings. The molecule has 1 aliphatic rings. The third kappa shape index (κ3) is 1.63. The monoisotopic (exact) mass is 218 g/mol. The van der Waals surface area contributed by atoms with E-state index < -0.39 is 29.5 Å². The van der Waals surface area contributed by atoms with Crippen molar-refractivity contribution in [2.45, 2.75) is 43.7 Å². The van der Waals surface area contributed by atoms with Crippen LogP contribution in [0.25, 0.3) is 0 Å².